The fourth-order valence-corrected chi connectivity index (χ4v) is 6.24. The standard InChI is InChI=1S/C10H22O9P2/c1-15-9(11)7-6-8-10(12,20(13,16-2)17-3)21(14,18-4)19-5/h12H,6-8H2,1-5H3. The highest BCUT2D eigenvalue weighted by atomic mass is 31.2. The first-order chi connectivity index (χ1) is 9.70. The Hall–Kier alpha value is -0.270. The average molecular weight is 348 g/mol. The lowest BCUT2D eigenvalue weighted by atomic mass is 10.2. The van der Waals surface area contributed by atoms with Gasteiger partial charge < -0.3 is 27.9 Å². The second kappa shape index (κ2) is 8.39. The zero-order chi connectivity index (χ0) is 16.7. The molecule has 0 amide bonds. The van der Waals surface area contributed by atoms with E-state index in [1.807, 2.05) is 0 Å². The SMILES string of the molecule is COC(=O)CCCC(O)(P(=O)(OC)OC)P(=O)(OC)OC. The smallest absolute Gasteiger partial charge is 0.374 e. The molecular weight excluding hydrogens is 326 g/mol. The second-order valence-corrected chi connectivity index (χ2v) is 9.21. The van der Waals surface area contributed by atoms with Crippen molar-refractivity contribution in [2.45, 2.75) is 24.3 Å². The molecule has 0 aromatic rings. The van der Waals surface area contributed by atoms with E-state index in [2.05, 4.69) is 4.74 Å². The van der Waals surface area contributed by atoms with Crippen molar-refractivity contribution < 1.29 is 41.9 Å². The van der Waals surface area contributed by atoms with Gasteiger partial charge in [0.05, 0.1) is 7.11 Å². The van der Waals surface area contributed by atoms with Gasteiger partial charge in [0.15, 0.2) is 0 Å². The third-order valence-corrected chi connectivity index (χ3v) is 8.55. The van der Waals surface area contributed by atoms with Gasteiger partial charge in [-0.15, -0.1) is 0 Å². The van der Waals surface area contributed by atoms with Crippen LogP contribution >= 0.6 is 15.2 Å². The summed E-state index contributed by atoms with van der Waals surface area (Å²) in [6.07, 6.45) is -0.448. The van der Waals surface area contributed by atoms with Gasteiger partial charge in [0.2, 0.25) is 0 Å². The van der Waals surface area contributed by atoms with Crippen LogP contribution in [0.2, 0.25) is 0 Å². The monoisotopic (exact) mass is 348 g/mol. The number of ether oxygens (including phenoxy) is 1. The van der Waals surface area contributed by atoms with Gasteiger partial charge in [-0.05, 0) is 6.42 Å². The first-order valence-electron chi connectivity index (χ1n) is 5.92. The summed E-state index contributed by atoms with van der Waals surface area (Å²) in [5.41, 5.74) is 0. The van der Waals surface area contributed by atoms with Crippen LogP contribution in [0.3, 0.4) is 0 Å². The van der Waals surface area contributed by atoms with Crippen LogP contribution < -0.4 is 0 Å². The van der Waals surface area contributed by atoms with Crippen LogP contribution in [0.1, 0.15) is 19.3 Å². The number of hydrogen-bond donors (Lipinski definition) is 1. The van der Waals surface area contributed by atoms with Crippen molar-refractivity contribution >= 4 is 21.2 Å². The molecule has 0 aliphatic carbocycles. The number of rotatable bonds is 10. The van der Waals surface area contributed by atoms with Gasteiger partial charge in [-0.2, -0.15) is 0 Å². The molecule has 0 saturated carbocycles. The van der Waals surface area contributed by atoms with E-state index in [0.717, 1.165) is 28.4 Å². The van der Waals surface area contributed by atoms with E-state index in [4.69, 9.17) is 18.1 Å². The zero-order valence-electron chi connectivity index (χ0n) is 12.7. The molecule has 0 saturated heterocycles. The molecule has 0 aliphatic rings. The van der Waals surface area contributed by atoms with Crippen LogP contribution in [0, 0.1) is 0 Å². The zero-order valence-corrected chi connectivity index (χ0v) is 14.5. The molecule has 21 heavy (non-hydrogen) atoms. The Morgan fingerprint density at radius 1 is 0.952 bits per heavy atom. The Balaban J connectivity index is 5.53. The minimum atomic E-state index is -4.24. The Bertz CT molecular complexity index is 394. The van der Waals surface area contributed by atoms with Crippen LogP contribution in [0.4, 0.5) is 0 Å². The molecule has 0 aliphatic heterocycles. The maximum Gasteiger partial charge on any atom is 0.374 e. The van der Waals surface area contributed by atoms with E-state index in [1.54, 1.807) is 0 Å². The molecule has 0 fully saturated rings. The number of carbonyl (C=O) groups is 1. The number of methoxy groups -OCH3 is 1. The fourth-order valence-electron chi connectivity index (χ4n) is 1.73. The average Bonchev–Trinajstić information content (AvgIpc) is 2.52. The molecule has 1 N–H and O–H groups in total. The van der Waals surface area contributed by atoms with E-state index >= 15 is 0 Å². The van der Waals surface area contributed by atoms with Crippen LogP contribution in [0.25, 0.3) is 0 Å². The largest absolute Gasteiger partial charge is 0.469 e. The Kier molecular flexibility index (Phi) is 8.28. The quantitative estimate of drug-likeness (QED) is 0.467. The maximum atomic E-state index is 12.5. The molecule has 0 unspecified atom stereocenters. The van der Waals surface area contributed by atoms with Crippen molar-refractivity contribution in [3.05, 3.63) is 0 Å². The summed E-state index contributed by atoms with van der Waals surface area (Å²) in [5, 5.41) is 8.12. The van der Waals surface area contributed by atoms with Crippen molar-refractivity contribution in [3.8, 4) is 0 Å². The van der Waals surface area contributed by atoms with E-state index in [1.165, 1.54) is 7.11 Å². The molecule has 0 rings (SSSR count). The van der Waals surface area contributed by atoms with Gasteiger partial charge >= 0.3 is 21.2 Å². The highest BCUT2D eigenvalue weighted by Crippen LogP contribution is 2.77. The van der Waals surface area contributed by atoms with E-state index in [0.29, 0.717) is 0 Å². The van der Waals surface area contributed by atoms with Crippen LogP contribution in [-0.2, 0) is 36.8 Å². The van der Waals surface area contributed by atoms with E-state index in [-0.39, 0.29) is 19.3 Å². The van der Waals surface area contributed by atoms with Crippen molar-refractivity contribution in [3.63, 3.8) is 0 Å². The van der Waals surface area contributed by atoms with Crippen LogP contribution in [0.15, 0.2) is 0 Å². The first kappa shape index (κ1) is 20.7. The minimum absolute atomic E-state index is 0.0105. The number of hydrogen-bond acceptors (Lipinski definition) is 9. The number of carbonyl (C=O) groups excluding carboxylic acids is 1. The van der Waals surface area contributed by atoms with E-state index in [9.17, 15) is 19.0 Å². The van der Waals surface area contributed by atoms with Crippen LogP contribution in [0.5, 0.6) is 0 Å². The summed E-state index contributed by atoms with van der Waals surface area (Å²) < 4.78 is 48.4. The van der Waals surface area contributed by atoms with E-state index < -0.39 is 26.2 Å². The third-order valence-electron chi connectivity index (χ3n) is 2.96. The summed E-state index contributed by atoms with van der Waals surface area (Å²) in [5.74, 6) is -0.535. The predicted octanol–water partition coefficient (Wildman–Crippen LogP) is 1.95. The molecule has 9 nitrogen and oxygen atoms in total. The lowest BCUT2D eigenvalue weighted by Gasteiger charge is -2.36. The summed E-state index contributed by atoms with van der Waals surface area (Å²) in [6, 6.07) is 0. The van der Waals surface area contributed by atoms with Crippen LogP contribution in [-0.4, -0.2) is 51.7 Å². The Labute approximate surface area is 123 Å². The van der Waals surface area contributed by atoms with Gasteiger partial charge in [0.25, 0.3) is 5.08 Å². The number of aliphatic hydroxyl groups is 1. The summed E-state index contributed by atoms with van der Waals surface area (Å²) >= 11 is 0. The highest BCUT2D eigenvalue weighted by molar-refractivity contribution is 7.73. The van der Waals surface area contributed by atoms with Gasteiger partial charge in [0.1, 0.15) is 0 Å². The summed E-state index contributed by atoms with van der Waals surface area (Å²) in [6.45, 7) is 0. The Morgan fingerprint density at radius 3 is 1.62 bits per heavy atom. The topological polar surface area (TPSA) is 118 Å². The molecule has 0 radical (unpaired) electrons. The normalized spacial score (nSPS) is 13.2. The molecule has 0 atom stereocenters. The molecule has 0 aromatic heterocycles. The number of esters is 1. The van der Waals surface area contributed by atoms with Crippen molar-refractivity contribution in [1.29, 1.82) is 0 Å². The van der Waals surface area contributed by atoms with Gasteiger partial charge in [-0.25, -0.2) is 0 Å². The van der Waals surface area contributed by atoms with Gasteiger partial charge in [0, 0.05) is 41.3 Å². The highest BCUT2D eigenvalue weighted by Gasteiger charge is 2.63. The summed E-state index contributed by atoms with van der Waals surface area (Å²) in [7, 11) is -3.13. The predicted molar refractivity (Wildman–Crippen MR) is 74.1 cm³/mol. The molecule has 0 spiro atoms. The lowest BCUT2D eigenvalue weighted by molar-refractivity contribution is -0.140. The molecule has 126 valence electrons. The van der Waals surface area contributed by atoms with Gasteiger partial charge in [-0.1, -0.05) is 0 Å². The molecule has 0 aromatic carbocycles. The van der Waals surface area contributed by atoms with Gasteiger partial charge in [-0.3, -0.25) is 13.9 Å². The summed E-state index contributed by atoms with van der Waals surface area (Å²) in [4.78, 5) is 11.1. The van der Waals surface area contributed by atoms with Crippen molar-refractivity contribution in [1.82, 2.24) is 0 Å². The fraction of sp³-hybridized carbons (Fsp3) is 0.900. The second-order valence-electron chi connectivity index (χ2n) is 3.93. The minimum Gasteiger partial charge on any atom is -0.469 e. The third kappa shape index (κ3) is 4.13. The molecule has 11 heteroatoms. The Morgan fingerprint density at radius 2 is 1.33 bits per heavy atom. The molecule has 0 heterocycles. The molecular formula is C10H22O9P2. The maximum absolute atomic E-state index is 12.5. The molecule has 0 bridgehead atoms. The van der Waals surface area contributed by atoms with Crippen molar-refractivity contribution in [2.24, 2.45) is 0 Å². The lowest BCUT2D eigenvalue weighted by Crippen LogP contribution is -2.31. The van der Waals surface area contributed by atoms with Crippen molar-refractivity contribution in [2.75, 3.05) is 35.5 Å². The first-order valence-corrected chi connectivity index (χ1v) is 9.01.